The SMILES string of the molecule is CCC(NCc1cc(-c2ccccc2)ccc1OC)c1c(C)nn(C)c1C. The van der Waals surface area contributed by atoms with Crippen LogP contribution in [0.1, 0.15) is 41.9 Å². The van der Waals surface area contributed by atoms with E-state index in [1.165, 1.54) is 22.4 Å². The van der Waals surface area contributed by atoms with E-state index in [0.29, 0.717) is 0 Å². The number of ether oxygens (including phenoxy) is 1. The molecular weight excluding hydrogens is 334 g/mol. The second-order valence-electron chi connectivity index (χ2n) is 6.94. The first-order valence-electron chi connectivity index (χ1n) is 9.51. The van der Waals surface area contributed by atoms with Crippen molar-refractivity contribution in [1.82, 2.24) is 15.1 Å². The number of hydrogen-bond acceptors (Lipinski definition) is 3. The van der Waals surface area contributed by atoms with E-state index in [-0.39, 0.29) is 6.04 Å². The maximum absolute atomic E-state index is 5.60. The van der Waals surface area contributed by atoms with Gasteiger partial charge in [-0.15, -0.1) is 0 Å². The zero-order chi connectivity index (χ0) is 19.4. The Kier molecular flexibility index (Phi) is 5.97. The standard InChI is InChI=1S/C23H29N3O/c1-6-21(23-16(2)25-26(4)17(23)3)24-15-20-14-19(12-13-22(20)27-5)18-10-8-7-9-11-18/h7-14,21,24H,6,15H2,1-5H3. The molecule has 142 valence electrons. The normalized spacial score (nSPS) is 12.2. The summed E-state index contributed by atoms with van der Waals surface area (Å²) in [7, 11) is 3.73. The predicted octanol–water partition coefficient (Wildman–Crippen LogP) is 4.95. The Morgan fingerprint density at radius 3 is 2.41 bits per heavy atom. The molecule has 0 amide bonds. The highest BCUT2D eigenvalue weighted by Gasteiger charge is 2.19. The van der Waals surface area contributed by atoms with Crippen LogP contribution >= 0.6 is 0 Å². The first kappa shape index (κ1) is 19.2. The third-order valence-electron chi connectivity index (χ3n) is 5.25. The topological polar surface area (TPSA) is 39.1 Å². The Labute approximate surface area is 162 Å². The van der Waals surface area contributed by atoms with Crippen molar-refractivity contribution in [3.05, 3.63) is 71.0 Å². The zero-order valence-electron chi connectivity index (χ0n) is 16.9. The monoisotopic (exact) mass is 363 g/mol. The molecule has 1 unspecified atom stereocenters. The number of methoxy groups -OCH3 is 1. The smallest absolute Gasteiger partial charge is 0.123 e. The molecule has 1 atom stereocenters. The Morgan fingerprint density at radius 1 is 1.07 bits per heavy atom. The number of aryl methyl sites for hydroxylation is 2. The van der Waals surface area contributed by atoms with Crippen molar-refractivity contribution in [3.63, 3.8) is 0 Å². The van der Waals surface area contributed by atoms with E-state index < -0.39 is 0 Å². The summed E-state index contributed by atoms with van der Waals surface area (Å²) in [6.45, 7) is 7.18. The Hall–Kier alpha value is -2.59. The van der Waals surface area contributed by atoms with Gasteiger partial charge in [0.2, 0.25) is 0 Å². The highest BCUT2D eigenvalue weighted by molar-refractivity contribution is 5.65. The van der Waals surface area contributed by atoms with E-state index in [9.17, 15) is 0 Å². The van der Waals surface area contributed by atoms with Gasteiger partial charge in [0, 0.05) is 36.5 Å². The van der Waals surface area contributed by atoms with Crippen LogP contribution in [0.3, 0.4) is 0 Å². The van der Waals surface area contributed by atoms with Crippen LogP contribution in [0.25, 0.3) is 11.1 Å². The summed E-state index contributed by atoms with van der Waals surface area (Å²) in [5, 5.41) is 8.29. The van der Waals surface area contributed by atoms with Gasteiger partial charge in [-0.25, -0.2) is 0 Å². The fourth-order valence-electron chi connectivity index (χ4n) is 3.70. The average Bonchev–Trinajstić information content (AvgIpc) is 2.95. The molecule has 0 fully saturated rings. The Morgan fingerprint density at radius 2 is 1.81 bits per heavy atom. The lowest BCUT2D eigenvalue weighted by atomic mass is 10.00. The number of nitrogens with one attached hydrogen (secondary N) is 1. The summed E-state index contributed by atoms with van der Waals surface area (Å²) in [6, 6.07) is 17.1. The van der Waals surface area contributed by atoms with Crippen molar-refractivity contribution in [2.75, 3.05) is 7.11 Å². The number of aromatic nitrogens is 2. The number of nitrogens with zero attached hydrogens (tertiary/aromatic N) is 2. The van der Waals surface area contributed by atoms with Crippen LogP contribution in [0, 0.1) is 13.8 Å². The molecule has 0 saturated carbocycles. The van der Waals surface area contributed by atoms with Gasteiger partial charge in [-0.1, -0.05) is 43.3 Å². The second kappa shape index (κ2) is 8.40. The molecule has 0 aliphatic rings. The minimum absolute atomic E-state index is 0.267. The van der Waals surface area contributed by atoms with Gasteiger partial charge in [-0.05, 0) is 43.5 Å². The van der Waals surface area contributed by atoms with Crippen LogP contribution in [0.4, 0.5) is 0 Å². The average molecular weight is 364 g/mol. The van der Waals surface area contributed by atoms with E-state index in [0.717, 1.165) is 30.0 Å². The van der Waals surface area contributed by atoms with Crippen LogP contribution in [0.5, 0.6) is 5.75 Å². The summed E-state index contributed by atoms with van der Waals surface area (Å²) >= 11 is 0. The zero-order valence-corrected chi connectivity index (χ0v) is 16.9. The van der Waals surface area contributed by atoms with Gasteiger partial charge in [0.25, 0.3) is 0 Å². The lowest BCUT2D eigenvalue weighted by Crippen LogP contribution is -2.22. The van der Waals surface area contributed by atoms with Crippen molar-refractivity contribution in [3.8, 4) is 16.9 Å². The number of rotatable bonds is 7. The maximum atomic E-state index is 5.60. The molecule has 3 aromatic rings. The molecule has 3 rings (SSSR count). The highest BCUT2D eigenvalue weighted by Crippen LogP contribution is 2.29. The minimum Gasteiger partial charge on any atom is -0.496 e. The molecule has 27 heavy (non-hydrogen) atoms. The molecule has 1 heterocycles. The Bertz CT molecular complexity index is 899. The van der Waals surface area contributed by atoms with Crippen molar-refractivity contribution < 1.29 is 4.74 Å². The summed E-state index contributed by atoms with van der Waals surface area (Å²) in [5.41, 5.74) is 7.20. The van der Waals surface area contributed by atoms with Gasteiger partial charge in [0.05, 0.1) is 12.8 Å². The summed E-state index contributed by atoms with van der Waals surface area (Å²) in [5.74, 6) is 0.914. The van der Waals surface area contributed by atoms with Crippen LogP contribution in [0.2, 0.25) is 0 Å². The van der Waals surface area contributed by atoms with E-state index in [1.54, 1.807) is 7.11 Å². The van der Waals surface area contributed by atoms with Crippen molar-refractivity contribution in [2.45, 2.75) is 39.8 Å². The largest absolute Gasteiger partial charge is 0.496 e. The molecule has 0 aliphatic heterocycles. The van der Waals surface area contributed by atoms with E-state index in [2.05, 4.69) is 73.7 Å². The third-order valence-corrected chi connectivity index (χ3v) is 5.25. The third kappa shape index (κ3) is 4.06. The highest BCUT2D eigenvalue weighted by atomic mass is 16.5. The van der Waals surface area contributed by atoms with Crippen LogP contribution < -0.4 is 10.1 Å². The molecule has 4 heteroatoms. The lowest BCUT2D eigenvalue weighted by molar-refractivity contribution is 0.404. The fraction of sp³-hybridized carbons (Fsp3) is 0.348. The lowest BCUT2D eigenvalue weighted by Gasteiger charge is -2.19. The summed E-state index contributed by atoms with van der Waals surface area (Å²) in [6.07, 6.45) is 1.01. The van der Waals surface area contributed by atoms with E-state index in [4.69, 9.17) is 4.74 Å². The van der Waals surface area contributed by atoms with Crippen LogP contribution in [0.15, 0.2) is 48.5 Å². The molecule has 1 N–H and O–H groups in total. The molecule has 0 radical (unpaired) electrons. The predicted molar refractivity (Wildman–Crippen MR) is 111 cm³/mol. The quantitative estimate of drug-likeness (QED) is 0.645. The van der Waals surface area contributed by atoms with Crippen molar-refractivity contribution in [2.24, 2.45) is 7.05 Å². The van der Waals surface area contributed by atoms with Crippen LogP contribution in [-0.4, -0.2) is 16.9 Å². The van der Waals surface area contributed by atoms with E-state index in [1.807, 2.05) is 17.8 Å². The molecule has 0 aliphatic carbocycles. The molecular formula is C23H29N3O. The summed E-state index contributed by atoms with van der Waals surface area (Å²) < 4.78 is 7.57. The molecule has 4 nitrogen and oxygen atoms in total. The first-order chi connectivity index (χ1) is 13.0. The first-order valence-corrected chi connectivity index (χ1v) is 9.51. The second-order valence-corrected chi connectivity index (χ2v) is 6.94. The molecule has 0 bridgehead atoms. The van der Waals surface area contributed by atoms with Gasteiger partial charge in [0.15, 0.2) is 0 Å². The van der Waals surface area contributed by atoms with Gasteiger partial charge in [0.1, 0.15) is 5.75 Å². The molecule has 0 spiro atoms. The van der Waals surface area contributed by atoms with Gasteiger partial charge in [-0.2, -0.15) is 5.10 Å². The van der Waals surface area contributed by atoms with Crippen molar-refractivity contribution in [1.29, 1.82) is 0 Å². The maximum Gasteiger partial charge on any atom is 0.123 e. The molecule has 0 saturated heterocycles. The van der Waals surface area contributed by atoms with Gasteiger partial charge >= 0.3 is 0 Å². The minimum atomic E-state index is 0.267. The van der Waals surface area contributed by atoms with Crippen molar-refractivity contribution >= 4 is 0 Å². The van der Waals surface area contributed by atoms with Gasteiger partial charge in [-0.3, -0.25) is 4.68 Å². The summed E-state index contributed by atoms with van der Waals surface area (Å²) in [4.78, 5) is 0. The Balaban J connectivity index is 1.85. The molecule has 2 aromatic carbocycles. The number of benzene rings is 2. The molecule has 1 aromatic heterocycles. The van der Waals surface area contributed by atoms with Gasteiger partial charge < -0.3 is 10.1 Å². The van der Waals surface area contributed by atoms with Crippen LogP contribution in [-0.2, 0) is 13.6 Å². The van der Waals surface area contributed by atoms with E-state index >= 15 is 0 Å². The number of hydrogen-bond donors (Lipinski definition) is 1. The fourth-order valence-corrected chi connectivity index (χ4v) is 3.70.